The van der Waals surface area contributed by atoms with Crippen molar-refractivity contribution in [3.8, 4) is 0 Å². The second kappa shape index (κ2) is 1.59. The third-order valence-corrected chi connectivity index (χ3v) is 9.38. The summed E-state index contributed by atoms with van der Waals surface area (Å²) >= 11 is 0. The molecule has 7 aliphatic carbocycles. The van der Waals surface area contributed by atoms with Gasteiger partial charge in [-0.15, -0.1) is 0 Å². The molecule has 0 spiro atoms. The highest BCUT2D eigenvalue weighted by Gasteiger charge is 2.94. The first-order valence-corrected chi connectivity index (χ1v) is 7.79. The summed E-state index contributed by atoms with van der Waals surface area (Å²) in [6.45, 7) is 2.56. The molecular weight excluding hydrogens is 192 g/mol. The number of hydrogen-bond donors (Lipinski definition) is 0. The van der Waals surface area contributed by atoms with Crippen molar-refractivity contribution in [2.24, 2.45) is 64.1 Å². The van der Waals surface area contributed by atoms with Gasteiger partial charge in [-0.05, 0) is 89.8 Å². The minimum absolute atomic E-state index is 0.985. The molecule has 7 saturated carbocycles. The van der Waals surface area contributed by atoms with E-state index in [0.29, 0.717) is 0 Å². The second-order valence-electron chi connectivity index (χ2n) is 8.87. The van der Waals surface area contributed by atoms with Gasteiger partial charge in [0.05, 0.1) is 0 Å². The van der Waals surface area contributed by atoms with Gasteiger partial charge in [-0.1, -0.05) is 6.92 Å². The lowest BCUT2D eigenvalue weighted by molar-refractivity contribution is -0.299. The van der Waals surface area contributed by atoms with Crippen LogP contribution in [0.5, 0.6) is 0 Å². The zero-order chi connectivity index (χ0) is 10.0. The first-order valence-electron chi connectivity index (χ1n) is 7.79. The van der Waals surface area contributed by atoms with Crippen molar-refractivity contribution in [2.45, 2.75) is 32.6 Å². The maximum atomic E-state index is 2.56. The average molecular weight is 212 g/mol. The third kappa shape index (κ3) is 0.379. The van der Waals surface area contributed by atoms with Gasteiger partial charge in [0.25, 0.3) is 0 Å². The second-order valence-corrected chi connectivity index (χ2v) is 8.87. The van der Waals surface area contributed by atoms with Gasteiger partial charge < -0.3 is 0 Å². The summed E-state index contributed by atoms with van der Waals surface area (Å²) in [5.74, 6) is 11.2. The van der Waals surface area contributed by atoms with E-state index in [0.717, 1.165) is 16.7 Å². The molecule has 84 valence electrons. The maximum absolute atomic E-state index is 2.56. The van der Waals surface area contributed by atoms with Crippen LogP contribution in [-0.2, 0) is 0 Å². The fourth-order valence-electron chi connectivity index (χ4n) is 9.57. The Morgan fingerprint density at radius 3 is 2.56 bits per heavy atom. The minimum Gasteiger partial charge on any atom is -0.0622 e. The molecule has 0 nitrogen and oxygen atoms in total. The van der Waals surface area contributed by atoms with Crippen LogP contribution in [0.2, 0.25) is 0 Å². The Morgan fingerprint density at radius 1 is 0.812 bits per heavy atom. The molecule has 16 heavy (non-hydrogen) atoms. The lowest BCUT2D eigenvalue weighted by Crippen LogP contribution is -2.72. The van der Waals surface area contributed by atoms with Crippen molar-refractivity contribution < 1.29 is 0 Å². The van der Waals surface area contributed by atoms with E-state index < -0.39 is 0 Å². The van der Waals surface area contributed by atoms with Crippen LogP contribution in [0, 0.1) is 64.1 Å². The van der Waals surface area contributed by atoms with Crippen molar-refractivity contribution in [2.75, 3.05) is 0 Å². The molecule has 0 aromatic carbocycles. The summed E-state index contributed by atoms with van der Waals surface area (Å²) < 4.78 is 0. The first-order chi connectivity index (χ1) is 7.79. The van der Waals surface area contributed by atoms with E-state index >= 15 is 0 Å². The van der Waals surface area contributed by atoms with Crippen LogP contribution in [0.25, 0.3) is 0 Å². The minimum atomic E-state index is 0.985. The topological polar surface area (TPSA) is 0 Å². The predicted molar refractivity (Wildman–Crippen MR) is 60.4 cm³/mol. The van der Waals surface area contributed by atoms with E-state index in [9.17, 15) is 0 Å². The van der Waals surface area contributed by atoms with Crippen LogP contribution < -0.4 is 0 Å². The zero-order valence-electron chi connectivity index (χ0n) is 10.0. The molecule has 0 N–H and O–H groups in total. The molecule has 0 aromatic heterocycles. The van der Waals surface area contributed by atoms with Crippen molar-refractivity contribution in [1.29, 1.82) is 0 Å². The molecule has 7 aliphatic rings. The molecular formula is C16H20. The number of fused-ring (bicyclic) bond motifs is 4. The first kappa shape index (κ1) is 7.44. The van der Waals surface area contributed by atoms with Gasteiger partial charge in [0.2, 0.25) is 0 Å². The van der Waals surface area contributed by atoms with E-state index in [1.807, 2.05) is 0 Å². The highest BCUT2D eigenvalue weighted by molar-refractivity contribution is 5.42. The molecule has 0 heteroatoms. The zero-order valence-corrected chi connectivity index (χ0v) is 10.0. The molecule has 0 aliphatic heterocycles. The summed E-state index contributed by atoms with van der Waals surface area (Å²) in [4.78, 5) is 0. The molecule has 7 rings (SSSR count). The van der Waals surface area contributed by atoms with Crippen LogP contribution in [-0.4, -0.2) is 0 Å². The molecule has 4 bridgehead atoms. The Labute approximate surface area is 97.2 Å². The summed E-state index contributed by atoms with van der Waals surface area (Å²) in [6.07, 6.45) is 6.71. The fraction of sp³-hybridized carbons (Fsp3) is 1.00. The Hall–Kier alpha value is 0. The summed E-state index contributed by atoms with van der Waals surface area (Å²) in [6, 6.07) is 0. The molecule has 0 saturated heterocycles. The van der Waals surface area contributed by atoms with E-state index in [1.54, 1.807) is 25.7 Å². The van der Waals surface area contributed by atoms with Gasteiger partial charge in [0.15, 0.2) is 0 Å². The molecule has 0 aromatic rings. The third-order valence-electron chi connectivity index (χ3n) is 9.38. The number of rotatable bonds is 0. The van der Waals surface area contributed by atoms with Gasteiger partial charge >= 0.3 is 0 Å². The lowest BCUT2D eigenvalue weighted by Gasteiger charge is -2.77. The molecule has 0 amide bonds. The van der Waals surface area contributed by atoms with E-state index in [2.05, 4.69) is 6.92 Å². The Morgan fingerprint density at radius 2 is 1.75 bits per heavy atom. The normalized spacial score (nSPS) is 90.9. The van der Waals surface area contributed by atoms with Crippen molar-refractivity contribution in [3.05, 3.63) is 0 Å². The van der Waals surface area contributed by atoms with Gasteiger partial charge in [0, 0.05) is 0 Å². The van der Waals surface area contributed by atoms with Gasteiger partial charge in [-0.3, -0.25) is 0 Å². The highest BCUT2D eigenvalue weighted by Crippen LogP contribution is 2.99. The van der Waals surface area contributed by atoms with Crippen molar-refractivity contribution in [1.82, 2.24) is 0 Å². The van der Waals surface area contributed by atoms with Crippen LogP contribution in [0.1, 0.15) is 32.6 Å². The quantitative estimate of drug-likeness (QED) is 0.578. The summed E-state index contributed by atoms with van der Waals surface area (Å²) in [7, 11) is 0. The molecule has 7 fully saturated rings. The Bertz CT molecular complexity index is 467. The molecule has 7 unspecified atom stereocenters. The van der Waals surface area contributed by atoms with E-state index in [1.165, 1.54) is 47.3 Å². The predicted octanol–water partition coefficient (Wildman–Crippen LogP) is 3.18. The standard InChI is InChI=1S/C16H20/c1-6-2-7-11(6)16-4-9(12(7)16)13-14(16)8-3-15(13)5-10(8)15/h6-14H,2-5H2,1H3/t6?,7-,8?,9?,10?,11+,12?,13?,14-,15+,16?/m1/s1. The molecule has 0 radical (unpaired) electrons. The molecule has 11 atom stereocenters. The smallest absolute Gasteiger partial charge is 0.0193 e. The largest absolute Gasteiger partial charge is 0.0622 e. The summed E-state index contributed by atoms with van der Waals surface area (Å²) in [5, 5.41) is 0. The molecule has 0 heterocycles. The van der Waals surface area contributed by atoms with Crippen LogP contribution in [0.3, 0.4) is 0 Å². The van der Waals surface area contributed by atoms with Crippen LogP contribution in [0.4, 0.5) is 0 Å². The monoisotopic (exact) mass is 212 g/mol. The maximum Gasteiger partial charge on any atom is -0.0193 e. The highest BCUT2D eigenvalue weighted by atomic mass is 15.0. The lowest BCUT2D eigenvalue weighted by atomic mass is 9.27. The Balaban J connectivity index is 1.45. The van der Waals surface area contributed by atoms with E-state index in [-0.39, 0.29) is 0 Å². The van der Waals surface area contributed by atoms with Crippen LogP contribution >= 0.6 is 0 Å². The van der Waals surface area contributed by atoms with Crippen LogP contribution in [0.15, 0.2) is 0 Å². The van der Waals surface area contributed by atoms with Gasteiger partial charge in [-0.2, -0.15) is 0 Å². The van der Waals surface area contributed by atoms with Gasteiger partial charge in [0.1, 0.15) is 0 Å². The van der Waals surface area contributed by atoms with Crippen molar-refractivity contribution >= 4 is 0 Å². The number of hydrogen-bond acceptors (Lipinski definition) is 0. The SMILES string of the molecule is CC1C[C@H]2C3C4CC3([C@@H]3C5C[C@@]6(CC56)C43)[C@@H]12. The summed E-state index contributed by atoms with van der Waals surface area (Å²) in [5.41, 5.74) is 1.99. The Kier molecular flexibility index (Phi) is 0.739. The average Bonchev–Trinajstić information content (AvgIpc) is 2.60. The van der Waals surface area contributed by atoms with Gasteiger partial charge in [-0.25, -0.2) is 0 Å². The van der Waals surface area contributed by atoms with Crippen molar-refractivity contribution in [3.63, 3.8) is 0 Å². The fourth-order valence-corrected chi connectivity index (χ4v) is 9.57. The van der Waals surface area contributed by atoms with E-state index in [4.69, 9.17) is 0 Å².